The second kappa shape index (κ2) is 5.49. The molecule has 0 bridgehead atoms. The molecule has 1 atom stereocenters. The van der Waals surface area contributed by atoms with E-state index < -0.39 is 11.1 Å². The van der Waals surface area contributed by atoms with Crippen LogP contribution in [-0.4, -0.2) is 22.9 Å². The van der Waals surface area contributed by atoms with Crippen molar-refractivity contribution < 1.29 is 8.76 Å². The van der Waals surface area contributed by atoms with Crippen LogP contribution in [0.3, 0.4) is 0 Å². The minimum absolute atomic E-state index is 0. The first-order valence-electron chi connectivity index (χ1n) is 4.89. The van der Waals surface area contributed by atoms with E-state index in [1.807, 2.05) is 43.3 Å². The monoisotopic (exact) mass is 270 g/mol. The molecule has 0 aliphatic rings. The van der Waals surface area contributed by atoms with Crippen molar-refractivity contribution in [2.24, 2.45) is 0 Å². The van der Waals surface area contributed by atoms with Crippen molar-refractivity contribution in [2.75, 3.05) is 19.0 Å². The smallest absolute Gasteiger partial charge is 0.0441 e. The van der Waals surface area contributed by atoms with Crippen LogP contribution in [0, 0.1) is 0 Å². The summed E-state index contributed by atoms with van der Waals surface area (Å²) in [5, 5.41) is 1.72. The number of anilines is 1. The number of hydrogen-bond acceptors (Lipinski definition) is 3. The van der Waals surface area contributed by atoms with Crippen molar-refractivity contribution in [3.63, 3.8) is 0 Å². The third kappa shape index (κ3) is 2.60. The van der Waals surface area contributed by atoms with Crippen molar-refractivity contribution in [3.8, 4) is 0 Å². The average molecular weight is 271 g/mol. The third-order valence-corrected chi connectivity index (χ3v) is 3.24. The van der Waals surface area contributed by atoms with Crippen LogP contribution in [0.5, 0.6) is 0 Å². The molecule has 2 aromatic carbocycles. The zero-order chi connectivity index (χ0) is 11.7. The second-order valence-corrected chi connectivity index (χ2v) is 4.67. The minimum Gasteiger partial charge on any atom is -0.768 e. The van der Waals surface area contributed by atoms with Crippen LogP contribution in [0.1, 0.15) is 0 Å². The molecule has 1 unspecified atom stereocenters. The van der Waals surface area contributed by atoms with Gasteiger partial charge in [0.25, 0.3) is 0 Å². The van der Waals surface area contributed by atoms with Crippen molar-refractivity contribution in [1.82, 2.24) is 0 Å². The first-order valence-corrected chi connectivity index (χ1v) is 5.97. The van der Waals surface area contributed by atoms with Crippen LogP contribution >= 0.6 is 12.4 Å². The quantitative estimate of drug-likeness (QED) is 0.788. The van der Waals surface area contributed by atoms with Gasteiger partial charge in [-0.05, 0) is 28.6 Å². The van der Waals surface area contributed by atoms with Gasteiger partial charge in [-0.2, -0.15) is 0 Å². The lowest BCUT2D eigenvalue weighted by Crippen LogP contribution is -2.09. The van der Waals surface area contributed by atoms with E-state index in [0.717, 1.165) is 16.5 Å². The van der Waals surface area contributed by atoms with Gasteiger partial charge in [-0.25, -0.2) is 0 Å². The highest BCUT2D eigenvalue weighted by atomic mass is 35.5. The lowest BCUT2D eigenvalue weighted by molar-refractivity contribution is 0.538. The second-order valence-electron chi connectivity index (χ2n) is 3.76. The molecule has 0 saturated carbocycles. The van der Waals surface area contributed by atoms with Crippen LogP contribution in [0.4, 0.5) is 5.69 Å². The van der Waals surface area contributed by atoms with Gasteiger partial charge in [-0.3, -0.25) is 4.21 Å². The highest BCUT2D eigenvalue weighted by Gasteiger charge is 2.05. The topological polar surface area (TPSA) is 43.4 Å². The van der Waals surface area contributed by atoms with Gasteiger partial charge < -0.3 is 9.45 Å². The molecule has 5 heteroatoms. The number of hydrogen-bond donors (Lipinski definition) is 0. The Morgan fingerprint density at radius 1 is 1.06 bits per heavy atom. The number of halogens is 1. The fourth-order valence-corrected chi connectivity index (χ4v) is 2.35. The first kappa shape index (κ1) is 14.0. The Hall–Kier alpha value is -1.10. The van der Waals surface area contributed by atoms with Crippen LogP contribution in [0.15, 0.2) is 41.3 Å². The fourth-order valence-electron chi connectivity index (χ4n) is 1.80. The average Bonchev–Trinajstić information content (AvgIpc) is 2.27. The molecule has 2 rings (SSSR count). The van der Waals surface area contributed by atoms with Crippen LogP contribution in [0.25, 0.3) is 10.8 Å². The van der Waals surface area contributed by atoms with E-state index >= 15 is 0 Å². The molecule has 0 spiro atoms. The highest BCUT2D eigenvalue weighted by molar-refractivity contribution is 7.79. The van der Waals surface area contributed by atoms with Crippen molar-refractivity contribution >= 4 is 39.9 Å². The number of nitrogens with zero attached hydrogens (tertiary/aromatic N) is 1. The lowest BCUT2D eigenvalue weighted by atomic mass is 10.1. The zero-order valence-corrected chi connectivity index (χ0v) is 11.2. The molecule has 0 amide bonds. The van der Waals surface area contributed by atoms with Crippen molar-refractivity contribution in [2.45, 2.75) is 4.90 Å². The summed E-state index contributed by atoms with van der Waals surface area (Å²) < 4.78 is 22.2. The maximum atomic E-state index is 11.1. The summed E-state index contributed by atoms with van der Waals surface area (Å²) in [5.74, 6) is 0. The van der Waals surface area contributed by atoms with Gasteiger partial charge in [-0.1, -0.05) is 24.3 Å². The Balaban J connectivity index is 0.00000144. The standard InChI is InChI=1S/C12H13NO2S.ClH/c1-13(2)11-7-3-6-10-9(11)5-4-8-12(10)16(14)15;/h3-8H,1-2H3,(H,14,15);1H/p-1. The van der Waals surface area contributed by atoms with Crippen molar-refractivity contribution in [1.29, 1.82) is 0 Å². The molecule has 92 valence electrons. The summed E-state index contributed by atoms with van der Waals surface area (Å²) >= 11 is -2.19. The molecule has 0 N–H and O–H groups in total. The van der Waals surface area contributed by atoms with E-state index in [1.54, 1.807) is 12.1 Å². The normalized spacial score (nSPS) is 11.9. The molecule has 0 heterocycles. The maximum absolute atomic E-state index is 11.1. The third-order valence-electron chi connectivity index (χ3n) is 2.52. The zero-order valence-electron chi connectivity index (χ0n) is 9.54. The van der Waals surface area contributed by atoms with Gasteiger partial charge in [0.1, 0.15) is 0 Å². The Morgan fingerprint density at radius 3 is 2.24 bits per heavy atom. The van der Waals surface area contributed by atoms with E-state index in [4.69, 9.17) is 0 Å². The number of benzene rings is 2. The largest absolute Gasteiger partial charge is 0.768 e. The predicted octanol–water partition coefficient (Wildman–Crippen LogP) is 2.57. The molecule has 0 saturated heterocycles. The molecule has 0 aliphatic carbocycles. The lowest BCUT2D eigenvalue weighted by Gasteiger charge is -2.17. The van der Waals surface area contributed by atoms with Gasteiger partial charge in [0.05, 0.1) is 0 Å². The molecule has 0 radical (unpaired) electrons. The summed E-state index contributed by atoms with van der Waals surface area (Å²) in [7, 11) is 3.88. The molecule has 0 fully saturated rings. The first-order chi connectivity index (χ1) is 7.61. The highest BCUT2D eigenvalue weighted by Crippen LogP contribution is 2.28. The molecular formula is C12H13ClNO2S-. The molecular weight excluding hydrogens is 258 g/mol. The maximum Gasteiger partial charge on any atom is 0.0441 e. The van der Waals surface area contributed by atoms with E-state index in [-0.39, 0.29) is 12.4 Å². The Bertz CT molecular complexity index is 557. The van der Waals surface area contributed by atoms with Crippen molar-refractivity contribution in [3.05, 3.63) is 36.4 Å². The molecule has 0 aliphatic heterocycles. The van der Waals surface area contributed by atoms with Crippen LogP contribution in [0.2, 0.25) is 0 Å². The Kier molecular flexibility index (Phi) is 4.51. The molecule has 17 heavy (non-hydrogen) atoms. The SMILES string of the molecule is CN(C)c1cccc2c(S(=O)[O-])cccc12.Cl. The summed E-state index contributed by atoms with van der Waals surface area (Å²) in [6.07, 6.45) is 0. The van der Waals surface area contributed by atoms with E-state index in [2.05, 4.69) is 0 Å². The van der Waals surface area contributed by atoms with E-state index in [9.17, 15) is 8.76 Å². The molecule has 2 aromatic rings. The summed E-state index contributed by atoms with van der Waals surface area (Å²) in [4.78, 5) is 2.32. The molecule has 0 aromatic heterocycles. The van der Waals surface area contributed by atoms with E-state index in [0.29, 0.717) is 4.90 Å². The summed E-state index contributed by atoms with van der Waals surface area (Å²) in [6.45, 7) is 0. The molecule has 3 nitrogen and oxygen atoms in total. The van der Waals surface area contributed by atoms with Gasteiger partial charge in [0.2, 0.25) is 0 Å². The van der Waals surface area contributed by atoms with Gasteiger partial charge in [0, 0.05) is 30.1 Å². The fraction of sp³-hybridized carbons (Fsp3) is 0.167. The Labute approximate surface area is 109 Å². The number of rotatable bonds is 2. The number of fused-ring (bicyclic) bond motifs is 1. The van der Waals surface area contributed by atoms with Gasteiger partial charge in [0.15, 0.2) is 0 Å². The summed E-state index contributed by atoms with van der Waals surface area (Å²) in [6, 6.07) is 11.0. The van der Waals surface area contributed by atoms with Gasteiger partial charge in [-0.15, -0.1) is 12.4 Å². The predicted molar refractivity (Wildman–Crippen MR) is 72.7 cm³/mol. The van der Waals surface area contributed by atoms with E-state index in [1.165, 1.54) is 0 Å². The Morgan fingerprint density at radius 2 is 1.65 bits per heavy atom. The van der Waals surface area contributed by atoms with Gasteiger partial charge >= 0.3 is 0 Å². The van der Waals surface area contributed by atoms with Crippen LogP contribution in [-0.2, 0) is 11.1 Å². The summed E-state index contributed by atoms with van der Waals surface area (Å²) in [5.41, 5.74) is 1.02. The van der Waals surface area contributed by atoms with Crippen LogP contribution < -0.4 is 4.90 Å². The minimum atomic E-state index is -2.19.